The SMILES string of the molecule is COC(=O)c1cnc(N)c(I)c1Br. The van der Waals surface area contributed by atoms with Gasteiger partial charge in [0, 0.05) is 6.20 Å². The van der Waals surface area contributed by atoms with Crippen molar-refractivity contribution in [2.24, 2.45) is 0 Å². The molecule has 0 atom stereocenters. The van der Waals surface area contributed by atoms with Crippen LogP contribution in [-0.4, -0.2) is 18.1 Å². The molecule has 0 saturated carbocycles. The number of carbonyl (C=O) groups is 1. The summed E-state index contributed by atoms with van der Waals surface area (Å²) in [5, 5.41) is 0. The van der Waals surface area contributed by atoms with Crippen LogP contribution in [0.1, 0.15) is 10.4 Å². The van der Waals surface area contributed by atoms with Crippen LogP contribution in [0.4, 0.5) is 5.82 Å². The molecule has 0 aliphatic heterocycles. The molecular formula is C7H6BrIN2O2. The van der Waals surface area contributed by atoms with Gasteiger partial charge in [0.05, 0.1) is 20.7 Å². The number of anilines is 1. The van der Waals surface area contributed by atoms with E-state index in [0.717, 1.165) is 0 Å². The number of hydrogen-bond acceptors (Lipinski definition) is 4. The van der Waals surface area contributed by atoms with Crippen molar-refractivity contribution >= 4 is 50.3 Å². The number of halogens is 2. The van der Waals surface area contributed by atoms with Gasteiger partial charge in [-0.05, 0) is 38.5 Å². The van der Waals surface area contributed by atoms with E-state index in [0.29, 0.717) is 19.4 Å². The van der Waals surface area contributed by atoms with Gasteiger partial charge < -0.3 is 10.5 Å². The third kappa shape index (κ3) is 2.11. The Labute approximate surface area is 97.1 Å². The van der Waals surface area contributed by atoms with Crippen LogP contribution in [-0.2, 0) is 4.74 Å². The molecule has 13 heavy (non-hydrogen) atoms. The predicted molar refractivity (Wildman–Crippen MR) is 60.4 cm³/mol. The molecule has 0 radical (unpaired) electrons. The summed E-state index contributed by atoms with van der Waals surface area (Å²) in [5.41, 5.74) is 5.91. The summed E-state index contributed by atoms with van der Waals surface area (Å²) in [4.78, 5) is 15.0. The van der Waals surface area contributed by atoms with E-state index >= 15 is 0 Å². The largest absolute Gasteiger partial charge is 0.465 e. The molecule has 0 fully saturated rings. The van der Waals surface area contributed by atoms with Gasteiger partial charge >= 0.3 is 5.97 Å². The summed E-state index contributed by atoms with van der Waals surface area (Å²) in [5.74, 6) is -0.0441. The monoisotopic (exact) mass is 356 g/mol. The van der Waals surface area contributed by atoms with Gasteiger partial charge in [-0.15, -0.1) is 0 Å². The molecule has 0 unspecified atom stereocenters. The molecule has 1 heterocycles. The van der Waals surface area contributed by atoms with Crippen molar-refractivity contribution in [1.29, 1.82) is 0 Å². The van der Waals surface area contributed by atoms with Crippen molar-refractivity contribution in [2.45, 2.75) is 0 Å². The van der Waals surface area contributed by atoms with Gasteiger partial charge in [-0.3, -0.25) is 0 Å². The minimum Gasteiger partial charge on any atom is -0.465 e. The molecule has 2 N–H and O–H groups in total. The Balaban J connectivity index is 3.26. The van der Waals surface area contributed by atoms with Gasteiger partial charge in [-0.1, -0.05) is 0 Å². The molecule has 1 aromatic heterocycles. The number of methoxy groups -OCH3 is 1. The number of esters is 1. The van der Waals surface area contributed by atoms with E-state index in [1.54, 1.807) is 0 Å². The average Bonchev–Trinajstić information content (AvgIpc) is 2.13. The van der Waals surface area contributed by atoms with Gasteiger partial charge in [0.2, 0.25) is 0 Å². The van der Waals surface area contributed by atoms with Crippen LogP contribution in [0.2, 0.25) is 0 Å². The summed E-state index contributed by atoms with van der Waals surface area (Å²) < 4.78 is 5.89. The minimum absolute atomic E-state index is 0.376. The second kappa shape index (κ2) is 4.23. The second-order valence-corrected chi connectivity index (χ2v) is 4.05. The zero-order valence-corrected chi connectivity index (χ0v) is 10.4. The summed E-state index contributed by atoms with van der Waals surface area (Å²) in [6, 6.07) is 0. The number of rotatable bonds is 1. The number of hydrogen-bond donors (Lipinski definition) is 1. The molecular weight excluding hydrogens is 351 g/mol. The van der Waals surface area contributed by atoms with Crippen molar-refractivity contribution in [3.05, 3.63) is 19.8 Å². The molecule has 70 valence electrons. The highest BCUT2D eigenvalue weighted by molar-refractivity contribution is 14.1. The van der Waals surface area contributed by atoms with Crippen molar-refractivity contribution in [2.75, 3.05) is 12.8 Å². The molecule has 0 spiro atoms. The van der Waals surface area contributed by atoms with E-state index in [1.165, 1.54) is 13.3 Å². The van der Waals surface area contributed by atoms with Gasteiger partial charge in [0.25, 0.3) is 0 Å². The maximum atomic E-state index is 11.2. The molecule has 4 nitrogen and oxygen atoms in total. The first-order valence-corrected chi connectivity index (χ1v) is 5.13. The number of nitrogens with two attached hydrogens (primary N) is 1. The number of nitrogen functional groups attached to an aromatic ring is 1. The Kier molecular flexibility index (Phi) is 3.48. The summed E-state index contributed by atoms with van der Waals surface area (Å²) >= 11 is 5.25. The second-order valence-electron chi connectivity index (χ2n) is 2.18. The quantitative estimate of drug-likeness (QED) is 0.615. The Bertz CT molecular complexity index is 357. The fourth-order valence-electron chi connectivity index (χ4n) is 0.730. The lowest BCUT2D eigenvalue weighted by Gasteiger charge is -2.04. The highest BCUT2D eigenvalue weighted by atomic mass is 127. The lowest BCUT2D eigenvalue weighted by atomic mass is 10.3. The first kappa shape index (κ1) is 10.7. The van der Waals surface area contributed by atoms with Gasteiger partial charge in [0.15, 0.2) is 0 Å². The number of aromatic nitrogens is 1. The lowest BCUT2D eigenvalue weighted by Crippen LogP contribution is -2.06. The Morgan fingerprint density at radius 1 is 1.77 bits per heavy atom. The van der Waals surface area contributed by atoms with Crippen molar-refractivity contribution in [1.82, 2.24) is 4.98 Å². The van der Waals surface area contributed by atoms with Crippen LogP contribution in [0.25, 0.3) is 0 Å². The zero-order chi connectivity index (χ0) is 10.0. The van der Waals surface area contributed by atoms with E-state index in [2.05, 4.69) is 25.7 Å². The van der Waals surface area contributed by atoms with Crippen LogP contribution in [0.5, 0.6) is 0 Å². The van der Waals surface area contributed by atoms with E-state index in [1.807, 2.05) is 22.6 Å². The normalized spacial score (nSPS) is 9.77. The van der Waals surface area contributed by atoms with Gasteiger partial charge in [-0.2, -0.15) is 0 Å². The molecule has 6 heteroatoms. The number of pyridine rings is 1. The zero-order valence-electron chi connectivity index (χ0n) is 6.67. The molecule has 1 rings (SSSR count). The van der Waals surface area contributed by atoms with E-state index in [9.17, 15) is 4.79 Å². The number of nitrogens with zero attached hydrogens (tertiary/aromatic N) is 1. The topological polar surface area (TPSA) is 65.2 Å². The lowest BCUT2D eigenvalue weighted by molar-refractivity contribution is 0.0599. The van der Waals surface area contributed by atoms with Gasteiger partial charge in [0.1, 0.15) is 5.82 Å². The summed E-state index contributed by atoms with van der Waals surface area (Å²) in [6.07, 6.45) is 1.38. The van der Waals surface area contributed by atoms with Crippen molar-refractivity contribution in [3.63, 3.8) is 0 Å². The van der Waals surface area contributed by atoms with Crippen LogP contribution < -0.4 is 5.73 Å². The smallest absolute Gasteiger partial charge is 0.340 e. The fraction of sp³-hybridized carbons (Fsp3) is 0.143. The van der Waals surface area contributed by atoms with Crippen LogP contribution >= 0.6 is 38.5 Å². The van der Waals surface area contributed by atoms with Crippen LogP contribution in [0, 0.1) is 3.57 Å². The minimum atomic E-state index is -0.433. The average molecular weight is 357 g/mol. The molecule has 1 aromatic rings. The highest BCUT2D eigenvalue weighted by Crippen LogP contribution is 2.26. The highest BCUT2D eigenvalue weighted by Gasteiger charge is 2.14. The first-order chi connectivity index (χ1) is 6.07. The summed E-state index contributed by atoms with van der Waals surface area (Å²) in [7, 11) is 1.32. The maximum Gasteiger partial charge on any atom is 0.340 e. The molecule has 0 aromatic carbocycles. The Hall–Kier alpha value is -0.370. The third-order valence-electron chi connectivity index (χ3n) is 1.39. The van der Waals surface area contributed by atoms with Crippen molar-refractivity contribution < 1.29 is 9.53 Å². The maximum absolute atomic E-state index is 11.2. The molecule has 0 aliphatic rings. The van der Waals surface area contributed by atoms with E-state index in [4.69, 9.17) is 5.73 Å². The predicted octanol–water partition coefficient (Wildman–Crippen LogP) is 1.82. The number of ether oxygens (including phenoxy) is 1. The van der Waals surface area contributed by atoms with Crippen LogP contribution in [0.15, 0.2) is 10.7 Å². The molecule has 0 aliphatic carbocycles. The molecule has 0 saturated heterocycles. The molecule has 0 bridgehead atoms. The third-order valence-corrected chi connectivity index (χ3v) is 4.05. The standard InChI is InChI=1S/C7H6BrIN2O2/c1-13-7(12)3-2-11-6(10)5(9)4(3)8/h2H,1H3,(H2,10,11). The summed E-state index contributed by atoms with van der Waals surface area (Å²) in [6.45, 7) is 0. The van der Waals surface area contributed by atoms with Gasteiger partial charge in [-0.25, -0.2) is 9.78 Å². The first-order valence-electron chi connectivity index (χ1n) is 3.25. The Morgan fingerprint density at radius 3 is 2.92 bits per heavy atom. The molecule has 0 amide bonds. The van der Waals surface area contributed by atoms with E-state index < -0.39 is 5.97 Å². The van der Waals surface area contributed by atoms with Crippen LogP contribution in [0.3, 0.4) is 0 Å². The van der Waals surface area contributed by atoms with E-state index in [-0.39, 0.29) is 0 Å². The number of carbonyl (C=O) groups excluding carboxylic acids is 1. The Morgan fingerprint density at radius 2 is 2.38 bits per heavy atom. The van der Waals surface area contributed by atoms with Crippen molar-refractivity contribution in [3.8, 4) is 0 Å². The fourth-order valence-corrected chi connectivity index (χ4v) is 1.63.